The molecule has 1 aliphatic heterocycles. The van der Waals surface area contributed by atoms with Gasteiger partial charge in [0.1, 0.15) is 5.82 Å². The van der Waals surface area contributed by atoms with Crippen molar-refractivity contribution in [1.82, 2.24) is 4.90 Å². The first-order chi connectivity index (χ1) is 10.6. The normalized spacial score (nSPS) is 14.4. The highest BCUT2D eigenvalue weighted by molar-refractivity contribution is 5.92. The fourth-order valence-electron chi connectivity index (χ4n) is 2.71. The van der Waals surface area contributed by atoms with E-state index >= 15 is 0 Å². The summed E-state index contributed by atoms with van der Waals surface area (Å²) < 4.78 is 13.1. The molecule has 1 heterocycles. The summed E-state index contributed by atoms with van der Waals surface area (Å²) in [6.45, 7) is 1.94. The zero-order chi connectivity index (χ0) is 15.5. The summed E-state index contributed by atoms with van der Waals surface area (Å²) in [7, 11) is 0. The van der Waals surface area contributed by atoms with Gasteiger partial charge in [-0.1, -0.05) is 24.3 Å². The van der Waals surface area contributed by atoms with Crippen LogP contribution in [0.25, 0.3) is 0 Å². The highest BCUT2D eigenvalue weighted by atomic mass is 19.1. The molecule has 0 unspecified atom stereocenters. The van der Waals surface area contributed by atoms with Gasteiger partial charge in [0.2, 0.25) is 5.91 Å². The van der Waals surface area contributed by atoms with Crippen molar-refractivity contribution in [1.29, 1.82) is 0 Å². The van der Waals surface area contributed by atoms with E-state index < -0.39 is 5.82 Å². The van der Waals surface area contributed by atoms with Crippen LogP contribution in [0.15, 0.2) is 42.5 Å². The summed E-state index contributed by atoms with van der Waals surface area (Å²) >= 11 is 0. The number of hydrogen-bond acceptors (Lipinski definition) is 3. The molecule has 0 bridgehead atoms. The highest BCUT2D eigenvalue weighted by Crippen LogP contribution is 2.19. The number of benzene rings is 2. The molecule has 0 saturated heterocycles. The maximum Gasteiger partial charge on any atom is 0.238 e. The third-order valence-corrected chi connectivity index (χ3v) is 3.86. The number of nitrogens with two attached hydrogens (primary N) is 1. The number of carbonyl (C=O) groups is 1. The Labute approximate surface area is 128 Å². The zero-order valence-corrected chi connectivity index (χ0v) is 12.2. The minimum absolute atomic E-state index is 0.0321. The predicted molar refractivity (Wildman–Crippen MR) is 84.9 cm³/mol. The van der Waals surface area contributed by atoms with E-state index in [4.69, 9.17) is 5.73 Å². The van der Waals surface area contributed by atoms with E-state index in [9.17, 15) is 9.18 Å². The van der Waals surface area contributed by atoms with Gasteiger partial charge in [0.15, 0.2) is 0 Å². The Kier molecular flexibility index (Phi) is 4.06. The van der Waals surface area contributed by atoms with Crippen molar-refractivity contribution >= 4 is 17.3 Å². The van der Waals surface area contributed by atoms with Gasteiger partial charge >= 0.3 is 0 Å². The molecule has 3 N–H and O–H groups in total. The number of carbonyl (C=O) groups excluding carboxylic acids is 1. The first-order valence-electron chi connectivity index (χ1n) is 7.26. The fraction of sp³-hybridized carbons (Fsp3) is 0.235. The first kappa shape index (κ1) is 14.5. The number of nitrogens with zero attached hydrogens (tertiary/aromatic N) is 1. The van der Waals surface area contributed by atoms with Crippen LogP contribution in [0, 0.1) is 5.82 Å². The Morgan fingerprint density at radius 2 is 2.00 bits per heavy atom. The van der Waals surface area contributed by atoms with E-state index in [1.54, 1.807) is 0 Å². The van der Waals surface area contributed by atoms with Crippen LogP contribution in [-0.2, 0) is 17.8 Å². The summed E-state index contributed by atoms with van der Waals surface area (Å²) in [5.41, 5.74) is 8.67. The Bertz CT molecular complexity index is 702. The Hall–Kier alpha value is -2.40. The average molecular weight is 299 g/mol. The quantitative estimate of drug-likeness (QED) is 0.856. The lowest BCUT2D eigenvalue weighted by molar-refractivity contribution is -0.117. The minimum Gasteiger partial charge on any atom is -0.396 e. The van der Waals surface area contributed by atoms with Gasteiger partial charge in [-0.25, -0.2) is 4.39 Å². The minimum atomic E-state index is -0.481. The smallest absolute Gasteiger partial charge is 0.238 e. The summed E-state index contributed by atoms with van der Waals surface area (Å²) in [6.07, 6.45) is 0.951. The number of nitrogens with one attached hydrogen (secondary N) is 1. The van der Waals surface area contributed by atoms with Crippen LogP contribution in [0.2, 0.25) is 0 Å². The Morgan fingerprint density at radius 3 is 2.77 bits per heavy atom. The predicted octanol–water partition coefficient (Wildman–Crippen LogP) is 2.40. The zero-order valence-electron chi connectivity index (χ0n) is 12.2. The molecule has 0 radical (unpaired) electrons. The van der Waals surface area contributed by atoms with Crippen molar-refractivity contribution in [3.8, 4) is 0 Å². The van der Waals surface area contributed by atoms with Crippen LogP contribution in [0.4, 0.5) is 15.8 Å². The van der Waals surface area contributed by atoms with Gasteiger partial charge in [-0.15, -0.1) is 0 Å². The SMILES string of the molecule is Nc1cc(NC(=O)CN2CCc3ccccc3C2)ccc1F. The van der Waals surface area contributed by atoms with Crippen LogP contribution < -0.4 is 11.1 Å². The third-order valence-electron chi connectivity index (χ3n) is 3.86. The molecule has 2 aromatic carbocycles. The van der Waals surface area contributed by atoms with Gasteiger partial charge in [0.25, 0.3) is 0 Å². The number of rotatable bonds is 3. The molecule has 1 amide bonds. The molecule has 0 saturated carbocycles. The molecule has 4 nitrogen and oxygen atoms in total. The summed E-state index contributed by atoms with van der Waals surface area (Å²) in [4.78, 5) is 14.2. The van der Waals surface area contributed by atoms with Crippen LogP contribution in [0.1, 0.15) is 11.1 Å². The standard InChI is InChI=1S/C17H18FN3O/c18-15-6-5-14(9-16(15)19)20-17(22)11-21-8-7-12-3-1-2-4-13(12)10-21/h1-6,9H,7-8,10-11,19H2,(H,20,22). The lowest BCUT2D eigenvalue weighted by atomic mass is 10.00. The van der Waals surface area contributed by atoms with Crippen molar-refractivity contribution in [2.75, 3.05) is 24.1 Å². The lowest BCUT2D eigenvalue weighted by Gasteiger charge is -2.28. The molecule has 5 heteroatoms. The number of fused-ring (bicyclic) bond motifs is 1. The number of amides is 1. The van der Waals surface area contributed by atoms with Gasteiger partial charge < -0.3 is 11.1 Å². The summed E-state index contributed by atoms with van der Waals surface area (Å²) in [6, 6.07) is 12.5. The molecule has 2 aromatic rings. The fourth-order valence-corrected chi connectivity index (χ4v) is 2.71. The molecule has 0 spiro atoms. The lowest BCUT2D eigenvalue weighted by Crippen LogP contribution is -2.37. The largest absolute Gasteiger partial charge is 0.396 e. The van der Waals surface area contributed by atoms with Crippen molar-refractivity contribution in [3.63, 3.8) is 0 Å². The number of nitrogen functional groups attached to an aromatic ring is 1. The molecule has 0 aliphatic carbocycles. The van der Waals surface area contributed by atoms with E-state index in [-0.39, 0.29) is 11.6 Å². The monoisotopic (exact) mass is 299 g/mol. The molecule has 0 aromatic heterocycles. The second-order valence-electron chi connectivity index (χ2n) is 5.51. The second-order valence-corrected chi connectivity index (χ2v) is 5.51. The average Bonchev–Trinajstić information content (AvgIpc) is 2.51. The maximum atomic E-state index is 13.1. The molecule has 0 atom stereocenters. The molecular weight excluding hydrogens is 281 g/mol. The number of hydrogen-bond donors (Lipinski definition) is 2. The number of anilines is 2. The first-order valence-corrected chi connectivity index (χ1v) is 7.26. The van der Waals surface area contributed by atoms with E-state index in [0.717, 1.165) is 19.5 Å². The molecule has 3 rings (SSSR count). The third kappa shape index (κ3) is 3.26. The van der Waals surface area contributed by atoms with Gasteiger partial charge in [0, 0.05) is 18.8 Å². The van der Waals surface area contributed by atoms with Gasteiger partial charge in [-0.3, -0.25) is 9.69 Å². The van der Waals surface area contributed by atoms with E-state index in [0.29, 0.717) is 12.2 Å². The second kappa shape index (κ2) is 6.15. The van der Waals surface area contributed by atoms with E-state index in [1.165, 1.54) is 29.3 Å². The van der Waals surface area contributed by atoms with E-state index in [1.807, 2.05) is 12.1 Å². The van der Waals surface area contributed by atoms with Crippen molar-refractivity contribution in [2.24, 2.45) is 0 Å². The highest BCUT2D eigenvalue weighted by Gasteiger charge is 2.18. The number of halogens is 1. The molecule has 1 aliphatic rings. The topological polar surface area (TPSA) is 58.4 Å². The van der Waals surface area contributed by atoms with Crippen molar-refractivity contribution < 1.29 is 9.18 Å². The Morgan fingerprint density at radius 1 is 1.23 bits per heavy atom. The van der Waals surface area contributed by atoms with Gasteiger partial charge in [0.05, 0.1) is 12.2 Å². The van der Waals surface area contributed by atoms with Crippen LogP contribution >= 0.6 is 0 Å². The molecular formula is C17H18FN3O. The Balaban J connectivity index is 1.59. The summed E-state index contributed by atoms with van der Waals surface area (Å²) in [5, 5.41) is 2.75. The van der Waals surface area contributed by atoms with Gasteiger partial charge in [-0.2, -0.15) is 0 Å². The van der Waals surface area contributed by atoms with Crippen LogP contribution in [-0.4, -0.2) is 23.9 Å². The molecule has 22 heavy (non-hydrogen) atoms. The van der Waals surface area contributed by atoms with Crippen molar-refractivity contribution in [3.05, 3.63) is 59.4 Å². The van der Waals surface area contributed by atoms with E-state index in [2.05, 4.69) is 22.3 Å². The van der Waals surface area contributed by atoms with Gasteiger partial charge in [-0.05, 0) is 35.7 Å². The van der Waals surface area contributed by atoms with Crippen molar-refractivity contribution in [2.45, 2.75) is 13.0 Å². The molecule has 0 fully saturated rings. The summed E-state index contributed by atoms with van der Waals surface area (Å²) in [5.74, 6) is -0.601. The maximum absolute atomic E-state index is 13.1. The van der Waals surface area contributed by atoms with Crippen LogP contribution in [0.3, 0.4) is 0 Å². The van der Waals surface area contributed by atoms with Crippen LogP contribution in [0.5, 0.6) is 0 Å². The molecule has 114 valence electrons.